The SMILES string of the molecule is CCOC(=O)c1cnn(-c2ccc(C(=O)NNC(=O)c3cc(Br)c[nH]3)cc2)c1C. The van der Waals surface area contributed by atoms with Crippen LogP contribution in [0.1, 0.15) is 43.8 Å². The number of ether oxygens (including phenoxy) is 1. The van der Waals surface area contributed by atoms with E-state index in [9.17, 15) is 14.4 Å². The van der Waals surface area contributed by atoms with Crippen LogP contribution in [0.4, 0.5) is 0 Å². The third kappa shape index (κ3) is 4.54. The van der Waals surface area contributed by atoms with Crippen molar-refractivity contribution in [2.45, 2.75) is 13.8 Å². The summed E-state index contributed by atoms with van der Waals surface area (Å²) in [6, 6.07) is 8.15. The van der Waals surface area contributed by atoms with Crippen molar-refractivity contribution in [3.05, 3.63) is 69.7 Å². The average Bonchev–Trinajstić information content (AvgIpc) is 3.32. The quantitative estimate of drug-likeness (QED) is 0.400. The van der Waals surface area contributed by atoms with Gasteiger partial charge in [0.05, 0.1) is 24.2 Å². The molecule has 0 fully saturated rings. The zero-order valence-corrected chi connectivity index (χ0v) is 17.2. The van der Waals surface area contributed by atoms with Crippen LogP contribution >= 0.6 is 15.9 Å². The van der Waals surface area contributed by atoms with E-state index in [1.54, 1.807) is 55.1 Å². The number of halogens is 1. The number of aromatic amines is 1. The van der Waals surface area contributed by atoms with Crippen LogP contribution in [0.5, 0.6) is 0 Å². The number of hydrogen-bond donors (Lipinski definition) is 3. The number of hydrazine groups is 1. The smallest absolute Gasteiger partial charge is 0.341 e. The minimum atomic E-state index is -0.473. The molecule has 9 nitrogen and oxygen atoms in total. The van der Waals surface area contributed by atoms with Crippen molar-refractivity contribution >= 4 is 33.7 Å². The predicted octanol–water partition coefficient (Wildman–Crippen LogP) is 2.52. The average molecular weight is 460 g/mol. The molecular formula is C19H18BrN5O4. The number of rotatable bonds is 5. The summed E-state index contributed by atoms with van der Waals surface area (Å²) in [6.45, 7) is 3.78. The van der Waals surface area contributed by atoms with Gasteiger partial charge in [0.25, 0.3) is 11.8 Å². The van der Waals surface area contributed by atoms with Gasteiger partial charge in [0.1, 0.15) is 11.3 Å². The Morgan fingerprint density at radius 2 is 1.86 bits per heavy atom. The van der Waals surface area contributed by atoms with Crippen LogP contribution in [-0.4, -0.2) is 39.2 Å². The zero-order chi connectivity index (χ0) is 21.0. The second kappa shape index (κ2) is 8.74. The van der Waals surface area contributed by atoms with Gasteiger partial charge in [-0.2, -0.15) is 5.10 Å². The van der Waals surface area contributed by atoms with E-state index in [4.69, 9.17) is 4.74 Å². The molecule has 3 rings (SSSR count). The molecule has 1 aromatic carbocycles. The first-order valence-electron chi connectivity index (χ1n) is 8.67. The molecule has 2 amide bonds. The fraction of sp³-hybridized carbons (Fsp3) is 0.158. The van der Waals surface area contributed by atoms with Gasteiger partial charge in [-0.3, -0.25) is 20.4 Å². The van der Waals surface area contributed by atoms with Crippen LogP contribution in [0, 0.1) is 6.92 Å². The lowest BCUT2D eigenvalue weighted by Crippen LogP contribution is -2.41. The number of benzene rings is 1. The number of esters is 1. The maximum atomic E-state index is 12.2. The van der Waals surface area contributed by atoms with Crippen molar-refractivity contribution in [2.24, 2.45) is 0 Å². The molecule has 0 aliphatic heterocycles. The van der Waals surface area contributed by atoms with Gasteiger partial charge in [0.15, 0.2) is 0 Å². The third-order valence-corrected chi connectivity index (χ3v) is 4.52. The Balaban J connectivity index is 1.66. The summed E-state index contributed by atoms with van der Waals surface area (Å²) in [5.74, 6) is -1.38. The Labute approximate surface area is 174 Å². The predicted molar refractivity (Wildman–Crippen MR) is 108 cm³/mol. The molecule has 0 saturated heterocycles. The molecule has 2 aromatic heterocycles. The van der Waals surface area contributed by atoms with Gasteiger partial charge in [0, 0.05) is 16.2 Å². The molecule has 2 heterocycles. The molecule has 0 unspecified atom stereocenters. The maximum Gasteiger partial charge on any atom is 0.341 e. The zero-order valence-electron chi connectivity index (χ0n) is 15.7. The molecule has 150 valence electrons. The number of H-pyrrole nitrogens is 1. The first kappa shape index (κ1) is 20.3. The third-order valence-electron chi connectivity index (χ3n) is 4.06. The molecule has 0 bridgehead atoms. The van der Waals surface area contributed by atoms with Gasteiger partial charge in [0.2, 0.25) is 0 Å². The van der Waals surface area contributed by atoms with Crippen LogP contribution in [-0.2, 0) is 4.74 Å². The van der Waals surface area contributed by atoms with E-state index in [1.807, 2.05) is 0 Å². The van der Waals surface area contributed by atoms with Crippen molar-refractivity contribution in [3.8, 4) is 5.69 Å². The lowest BCUT2D eigenvalue weighted by atomic mass is 10.2. The molecule has 0 saturated carbocycles. The normalized spacial score (nSPS) is 10.4. The van der Waals surface area contributed by atoms with Crippen molar-refractivity contribution in [1.29, 1.82) is 0 Å². The van der Waals surface area contributed by atoms with E-state index in [0.717, 1.165) is 4.47 Å². The van der Waals surface area contributed by atoms with Gasteiger partial charge >= 0.3 is 5.97 Å². The molecule has 29 heavy (non-hydrogen) atoms. The van der Waals surface area contributed by atoms with Gasteiger partial charge in [-0.05, 0) is 60.1 Å². The second-order valence-electron chi connectivity index (χ2n) is 5.96. The minimum Gasteiger partial charge on any atom is -0.462 e. The van der Waals surface area contributed by atoms with Gasteiger partial charge < -0.3 is 9.72 Å². The summed E-state index contributed by atoms with van der Waals surface area (Å²) < 4.78 is 7.31. The molecule has 0 radical (unpaired) electrons. The summed E-state index contributed by atoms with van der Waals surface area (Å²) in [7, 11) is 0. The molecule has 3 N–H and O–H groups in total. The molecule has 3 aromatic rings. The molecule has 0 spiro atoms. The lowest BCUT2D eigenvalue weighted by Gasteiger charge is -2.08. The summed E-state index contributed by atoms with van der Waals surface area (Å²) >= 11 is 3.23. The van der Waals surface area contributed by atoms with E-state index < -0.39 is 17.8 Å². The summed E-state index contributed by atoms with van der Waals surface area (Å²) in [5, 5.41) is 4.21. The first-order valence-corrected chi connectivity index (χ1v) is 9.46. The summed E-state index contributed by atoms with van der Waals surface area (Å²) in [6.07, 6.45) is 3.06. The minimum absolute atomic E-state index is 0.283. The fourth-order valence-corrected chi connectivity index (χ4v) is 2.93. The largest absolute Gasteiger partial charge is 0.462 e. The number of aromatic nitrogens is 3. The van der Waals surface area contributed by atoms with Crippen molar-refractivity contribution in [3.63, 3.8) is 0 Å². The monoisotopic (exact) mass is 459 g/mol. The summed E-state index contributed by atoms with van der Waals surface area (Å²) in [5.41, 5.74) is 7.02. The Hall–Kier alpha value is -3.40. The van der Waals surface area contributed by atoms with Crippen LogP contribution < -0.4 is 10.9 Å². The highest BCUT2D eigenvalue weighted by Crippen LogP contribution is 2.16. The molecule has 10 heteroatoms. The van der Waals surface area contributed by atoms with Crippen LogP contribution in [0.25, 0.3) is 5.69 Å². The number of carbonyl (C=O) groups excluding carboxylic acids is 3. The number of nitrogens with one attached hydrogen (secondary N) is 3. The molecule has 0 atom stereocenters. The Morgan fingerprint density at radius 3 is 2.48 bits per heavy atom. The van der Waals surface area contributed by atoms with Gasteiger partial charge in [-0.25, -0.2) is 9.48 Å². The van der Waals surface area contributed by atoms with Crippen LogP contribution in [0.2, 0.25) is 0 Å². The lowest BCUT2D eigenvalue weighted by molar-refractivity contribution is 0.0525. The highest BCUT2D eigenvalue weighted by atomic mass is 79.9. The van der Waals surface area contributed by atoms with Crippen LogP contribution in [0.3, 0.4) is 0 Å². The Bertz CT molecular complexity index is 1050. The first-order chi connectivity index (χ1) is 13.9. The standard InChI is InChI=1S/C19H18BrN5O4/c1-3-29-19(28)15-10-22-25(11(15)2)14-6-4-12(5-7-14)17(26)23-24-18(27)16-8-13(20)9-21-16/h4-10,21H,3H2,1-2H3,(H,23,26)(H,24,27). The number of hydrogen-bond acceptors (Lipinski definition) is 5. The van der Waals surface area contributed by atoms with E-state index in [0.29, 0.717) is 28.2 Å². The van der Waals surface area contributed by atoms with Crippen molar-refractivity contribution < 1.29 is 19.1 Å². The Morgan fingerprint density at radius 1 is 1.17 bits per heavy atom. The number of nitrogens with zero attached hydrogens (tertiary/aromatic N) is 2. The van der Waals surface area contributed by atoms with Gasteiger partial charge in [-0.1, -0.05) is 0 Å². The number of amides is 2. The highest BCUT2D eigenvalue weighted by molar-refractivity contribution is 9.10. The highest BCUT2D eigenvalue weighted by Gasteiger charge is 2.16. The molecular weight excluding hydrogens is 442 g/mol. The van der Waals surface area contributed by atoms with Crippen molar-refractivity contribution in [2.75, 3.05) is 6.61 Å². The van der Waals surface area contributed by atoms with Crippen LogP contribution in [0.15, 0.2) is 47.2 Å². The fourth-order valence-electron chi connectivity index (χ4n) is 2.59. The van der Waals surface area contributed by atoms with Crippen molar-refractivity contribution in [1.82, 2.24) is 25.6 Å². The summed E-state index contributed by atoms with van der Waals surface area (Å²) in [4.78, 5) is 38.9. The van der Waals surface area contributed by atoms with E-state index in [-0.39, 0.29) is 6.61 Å². The molecule has 0 aliphatic carbocycles. The van der Waals surface area contributed by atoms with E-state index in [2.05, 4.69) is 36.9 Å². The number of carbonyl (C=O) groups is 3. The maximum absolute atomic E-state index is 12.2. The van der Waals surface area contributed by atoms with E-state index in [1.165, 1.54) is 6.20 Å². The van der Waals surface area contributed by atoms with Gasteiger partial charge in [-0.15, -0.1) is 0 Å². The second-order valence-corrected chi connectivity index (χ2v) is 6.88. The Kier molecular flexibility index (Phi) is 6.13. The molecule has 0 aliphatic rings. The van der Waals surface area contributed by atoms with E-state index >= 15 is 0 Å². The topological polar surface area (TPSA) is 118 Å².